The second-order valence-corrected chi connectivity index (χ2v) is 5.83. The molecule has 0 bridgehead atoms. The van der Waals surface area contributed by atoms with E-state index in [0.717, 1.165) is 0 Å². The third-order valence-corrected chi connectivity index (χ3v) is 4.87. The van der Waals surface area contributed by atoms with Crippen LogP contribution in [0.2, 0.25) is 0 Å². The summed E-state index contributed by atoms with van der Waals surface area (Å²) in [6, 6.07) is 9.68. The van der Waals surface area contributed by atoms with E-state index in [2.05, 4.69) is 41.8 Å². The first-order valence-corrected chi connectivity index (χ1v) is 7.29. The van der Waals surface area contributed by atoms with Gasteiger partial charge in [-0.25, -0.2) is 9.37 Å². The van der Waals surface area contributed by atoms with E-state index >= 15 is 0 Å². The van der Waals surface area contributed by atoms with Crippen LogP contribution in [-0.2, 0) is 0 Å². The Morgan fingerprint density at radius 2 is 1.90 bits per heavy atom. The zero-order valence-electron chi connectivity index (χ0n) is 9.95. The third kappa shape index (κ3) is 2.29. The Morgan fingerprint density at radius 1 is 1.15 bits per heavy atom. The maximum Gasteiger partial charge on any atom is 0.259 e. The molecule has 0 unspecified atom stereocenters. The summed E-state index contributed by atoms with van der Waals surface area (Å²) < 4.78 is 14.7. The van der Waals surface area contributed by atoms with Crippen molar-refractivity contribution in [3.05, 3.63) is 61.5 Å². The van der Waals surface area contributed by atoms with Gasteiger partial charge < -0.3 is 4.98 Å². The first-order valence-electron chi connectivity index (χ1n) is 5.70. The lowest BCUT2D eigenvalue weighted by Gasteiger charge is -2.07. The van der Waals surface area contributed by atoms with Crippen molar-refractivity contribution in [1.29, 1.82) is 0 Å². The van der Waals surface area contributed by atoms with Gasteiger partial charge in [0.05, 0.1) is 10.9 Å². The maximum atomic E-state index is 13.5. The molecule has 0 aliphatic rings. The van der Waals surface area contributed by atoms with Crippen LogP contribution in [0.5, 0.6) is 0 Å². The van der Waals surface area contributed by atoms with Gasteiger partial charge in [0.2, 0.25) is 0 Å². The summed E-state index contributed by atoms with van der Waals surface area (Å²) in [6.45, 7) is 0. The van der Waals surface area contributed by atoms with Crippen molar-refractivity contribution in [2.75, 3.05) is 0 Å². The molecule has 2 aromatic carbocycles. The molecule has 0 amide bonds. The summed E-state index contributed by atoms with van der Waals surface area (Å²) >= 11 is 6.62. The van der Waals surface area contributed by atoms with Crippen molar-refractivity contribution in [3.8, 4) is 11.4 Å². The Balaban J connectivity index is 2.33. The fourth-order valence-electron chi connectivity index (χ4n) is 1.94. The minimum atomic E-state index is -0.411. The van der Waals surface area contributed by atoms with E-state index in [9.17, 15) is 9.18 Å². The smallest absolute Gasteiger partial charge is 0.259 e. The lowest BCUT2D eigenvalue weighted by Crippen LogP contribution is -2.09. The van der Waals surface area contributed by atoms with E-state index < -0.39 is 5.82 Å². The van der Waals surface area contributed by atoms with Gasteiger partial charge in [0, 0.05) is 14.5 Å². The van der Waals surface area contributed by atoms with Crippen molar-refractivity contribution in [2.24, 2.45) is 0 Å². The second kappa shape index (κ2) is 5.10. The Labute approximate surface area is 130 Å². The number of hydrogen-bond donors (Lipinski definition) is 1. The minimum Gasteiger partial charge on any atom is -0.306 e. The molecule has 0 aliphatic carbocycles. The number of hydrogen-bond acceptors (Lipinski definition) is 2. The van der Waals surface area contributed by atoms with Crippen LogP contribution in [0, 0.1) is 5.82 Å². The van der Waals surface area contributed by atoms with Crippen LogP contribution in [0.4, 0.5) is 4.39 Å². The van der Waals surface area contributed by atoms with E-state index in [1.807, 2.05) is 0 Å². The van der Waals surface area contributed by atoms with Crippen LogP contribution in [0.1, 0.15) is 0 Å². The van der Waals surface area contributed by atoms with E-state index in [-0.39, 0.29) is 5.56 Å². The molecular weight excluding hydrogens is 391 g/mol. The normalized spacial score (nSPS) is 10.9. The Hall–Kier alpha value is -1.53. The number of aromatic nitrogens is 2. The molecule has 1 N–H and O–H groups in total. The van der Waals surface area contributed by atoms with Crippen LogP contribution >= 0.6 is 31.9 Å². The molecule has 0 spiro atoms. The van der Waals surface area contributed by atoms with Gasteiger partial charge in [0.25, 0.3) is 5.56 Å². The monoisotopic (exact) mass is 396 g/mol. The summed E-state index contributed by atoms with van der Waals surface area (Å²) in [6.07, 6.45) is 0. The Bertz CT molecular complexity index is 877. The highest BCUT2D eigenvalue weighted by atomic mass is 79.9. The number of para-hydroxylation sites is 1. The summed E-state index contributed by atoms with van der Waals surface area (Å²) in [5, 5.41) is 0.503. The lowest BCUT2D eigenvalue weighted by atomic mass is 10.2. The summed E-state index contributed by atoms with van der Waals surface area (Å²) in [4.78, 5) is 19.1. The quantitative estimate of drug-likeness (QED) is 0.623. The zero-order valence-corrected chi connectivity index (χ0v) is 13.1. The molecule has 3 rings (SSSR count). The van der Waals surface area contributed by atoms with Crippen LogP contribution in [0.25, 0.3) is 22.3 Å². The molecule has 0 saturated carbocycles. The van der Waals surface area contributed by atoms with Crippen molar-refractivity contribution < 1.29 is 4.39 Å². The van der Waals surface area contributed by atoms with Gasteiger partial charge in [-0.1, -0.05) is 12.1 Å². The SMILES string of the molecule is O=c1[nH]c(-c2cc(F)cc(Br)c2Br)nc2ccccc12. The number of H-pyrrole nitrogens is 1. The van der Waals surface area contributed by atoms with Crippen molar-refractivity contribution in [3.63, 3.8) is 0 Å². The number of aromatic amines is 1. The predicted molar refractivity (Wildman–Crippen MR) is 83.2 cm³/mol. The number of halogens is 3. The van der Waals surface area contributed by atoms with Gasteiger partial charge >= 0.3 is 0 Å². The summed E-state index contributed by atoms with van der Waals surface area (Å²) in [5.74, 6) is -0.0911. The maximum absolute atomic E-state index is 13.5. The molecule has 6 heteroatoms. The van der Waals surface area contributed by atoms with Crippen molar-refractivity contribution in [1.82, 2.24) is 9.97 Å². The topological polar surface area (TPSA) is 45.8 Å². The van der Waals surface area contributed by atoms with Gasteiger partial charge in [-0.2, -0.15) is 0 Å². The zero-order chi connectivity index (χ0) is 14.3. The average Bonchev–Trinajstić information content (AvgIpc) is 2.43. The largest absolute Gasteiger partial charge is 0.306 e. The van der Waals surface area contributed by atoms with Crippen molar-refractivity contribution in [2.45, 2.75) is 0 Å². The lowest BCUT2D eigenvalue weighted by molar-refractivity contribution is 0.627. The van der Waals surface area contributed by atoms with Crippen LogP contribution < -0.4 is 5.56 Å². The Morgan fingerprint density at radius 3 is 2.70 bits per heavy atom. The van der Waals surface area contributed by atoms with Crippen LogP contribution in [0.3, 0.4) is 0 Å². The highest BCUT2D eigenvalue weighted by Gasteiger charge is 2.12. The molecular formula is C14H7Br2FN2O. The number of rotatable bonds is 1. The van der Waals surface area contributed by atoms with Gasteiger partial charge in [0.15, 0.2) is 0 Å². The number of benzene rings is 2. The molecule has 1 heterocycles. The standard InChI is InChI=1S/C14H7Br2FN2O/c15-10-6-7(17)5-9(12(10)16)13-18-11-4-2-1-3-8(11)14(20)19-13/h1-6H,(H,18,19,20). The molecule has 3 aromatic rings. The molecule has 0 saturated heterocycles. The molecule has 0 atom stereocenters. The Kier molecular flexibility index (Phi) is 3.43. The number of nitrogens with one attached hydrogen (secondary N) is 1. The fraction of sp³-hybridized carbons (Fsp3) is 0. The van der Waals surface area contributed by atoms with E-state index in [1.165, 1.54) is 12.1 Å². The molecule has 20 heavy (non-hydrogen) atoms. The molecule has 0 radical (unpaired) electrons. The van der Waals surface area contributed by atoms with Crippen molar-refractivity contribution >= 4 is 42.8 Å². The molecule has 0 aliphatic heterocycles. The molecule has 0 fully saturated rings. The highest BCUT2D eigenvalue weighted by Crippen LogP contribution is 2.33. The van der Waals surface area contributed by atoms with Gasteiger partial charge in [-0.3, -0.25) is 4.79 Å². The number of nitrogens with zero attached hydrogens (tertiary/aromatic N) is 1. The van der Waals surface area contributed by atoms with Gasteiger partial charge in [-0.15, -0.1) is 0 Å². The third-order valence-electron chi connectivity index (χ3n) is 2.86. The molecule has 100 valence electrons. The van der Waals surface area contributed by atoms with Gasteiger partial charge in [0.1, 0.15) is 11.6 Å². The van der Waals surface area contributed by atoms with E-state index in [1.54, 1.807) is 24.3 Å². The first-order chi connectivity index (χ1) is 9.56. The predicted octanol–water partition coefficient (Wildman–Crippen LogP) is 4.25. The average molecular weight is 398 g/mol. The highest BCUT2D eigenvalue weighted by molar-refractivity contribution is 9.13. The van der Waals surface area contributed by atoms with Crippen LogP contribution in [0.15, 0.2) is 50.1 Å². The second-order valence-electron chi connectivity index (χ2n) is 4.18. The summed E-state index contributed by atoms with van der Waals surface area (Å²) in [7, 11) is 0. The summed E-state index contributed by atoms with van der Waals surface area (Å²) in [5.41, 5.74) is 0.802. The minimum absolute atomic E-state index is 0.252. The molecule has 1 aromatic heterocycles. The van der Waals surface area contributed by atoms with E-state index in [0.29, 0.717) is 31.2 Å². The van der Waals surface area contributed by atoms with Crippen LogP contribution in [-0.4, -0.2) is 9.97 Å². The first kappa shape index (κ1) is 13.5. The van der Waals surface area contributed by atoms with Gasteiger partial charge in [-0.05, 0) is 56.1 Å². The van der Waals surface area contributed by atoms with E-state index in [4.69, 9.17) is 0 Å². The fourth-order valence-corrected chi connectivity index (χ4v) is 2.79. The number of fused-ring (bicyclic) bond motifs is 1. The molecule has 3 nitrogen and oxygen atoms in total.